The third-order valence-electron chi connectivity index (χ3n) is 2.20. The van der Waals surface area contributed by atoms with E-state index in [0.29, 0.717) is 6.07 Å². The van der Waals surface area contributed by atoms with E-state index in [1.54, 1.807) is 0 Å². The number of alkyl halides is 3. The molecule has 1 aromatic carbocycles. The number of rotatable bonds is 3. The van der Waals surface area contributed by atoms with Crippen LogP contribution in [0.5, 0.6) is 0 Å². The van der Waals surface area contributed by atoms with Crippen LogP contribution in [0.2, 0.25) is 5.02 Å². The number of hydrogen-bond acceptors (Lipinski definition) is 2. The molecule has 104 valence electrons. The Morgan fingerprint density at radius 2 is 1.89 bits per heavy atom. The Kier molecular flexibility index (Phi) is 6.36. The van der Waals surface area contributed by atoms with Crippen LogP contribution in [0.15, 0.2) is 12.1 Å². The smallest absolute Gasteiger partial charge is 0.395 e. The molecule has 18 heavy (non-hydrogen) atoms. The van der Waals surface area contributed by atoms with Gasteiger partial charge in [-0.2, -0.15) is 13.2 Å². The predicted octanol–water partition coefficient (Wildman–Crippen LogP) is 2.78. The molecular formula is C10H11Cl2F4NO. The van der Waals surface area contributed by atoms with Crippen molar-refractivity contribution in [1.29, 1.82) is 0 Å². The lowest BCUT2D eigenvalue weighted by atomic mass is 9.99. The first-order valence-electron chi connectivity index (χ1n) is 4.68. The molecule has 0 saturated carbocycles. The summed E-state index contributed by atoms with van der Waals surface area (Å²) in [5, 5.41) is 8.28. The van der Waals surface area contributed by atoms with E-state index in [4.69, 9.17) is 22.4 Å². The molecule has 0 aliphatic heterocycles. The number of aliphatic hydroxyl groups is 1. The van der Waals surface area contributed by atoms with E-state index < -0.39 is 47.2 Å². The lowest BCUT2D eigenvalue weighted by Crippen LogP contribution is -2.28. The Bertz CT molecular complexity index is 412. The van der Waals surface area contributed by atoms with Gasteiger partial charge in [-0.3, -0.25) is 0 Å². The Hall–Kier alpha value is -0.560. The van der Waals surface area contributed by atoms with E-state index >= 15 is 0 Å². The van der Waals surface area contributed by atoms with E-state index in [1.807, 2.05) is 0 Å². The van der Waals surface area contributed by atoms with Crippen LogP contribution in [-0.2, 0) is 12.6 Å². The maximum absolute atomic E-state index is 13.5. The fourth-order valence-corrected chi connectivity index (χ4v) is 1.56. The van der Waals surface area contributed by atoms with Gasteiger partial charge in [-0.25, -0.2) is 4.39 Å². The van der Waals surface area contributed by atoms with Crippen molar-refractivity contribution in [2.24, 2.45) is 5.73 Å². The Morgan fingerprint density at radius 1 is 1.33 bits per heavy atom. The summed E-state index contributed by atoms with van der Waals surface area (Å²) in [6, 6.07) is 0.572. The summed E-state index contributed by atoms with van der Waals surface area (Å²) in [6.07, 6.45) is -5.12. The first kappa shape index (κ1) is 17.4. The van der Waals surface area contributed by atoms with Crippen molar-refractivity contribution in [1.82, 2.24) is 0 Å². The number of aliphatic hydroxyl groups excluding tert-OH is 1. The van der Waals surface area contributed by atoms with Gasteiger partial charge in [-0.1, -0.05) is 11.6 Å². The minimum atomic E-state index is -4.68. The van der Waals surface area contributed by atoms with Crippen LogP contribution in [0.3, 0.4) is 0 Å². The van der Waals surface area contributed by atoms with E-state index in [1.165, 1.54) is 0 Å². The quantitative estimate of drug-likeness (QED) is 0.844. The van der Waals surface area contributed by atoms with E-state index in [0.717, 1.165) is 6.07 Å². The van der Waals surface area contributed by atoms with Crippen molar-refractivity contribution >= 4 is 24.0 Å². The standard InChI is InChI=1S/C10H10ClF4NO.ClH/c11-8-2-1-7(10(13,14)15)6(9(8)12)3-5(16)4-17;/h1-2,5,17H,3-4,16H2;1H. The van der Waals surface area contributed by atoms with Crippen molar-refractivity contribution in [2.45, 2.75) is 18.6 Å². The van der Waals surface area contributed by atoms with Crippen LogP contribution >= 0.6 is 24.0 Å². The molecule has 1 unspecified atom stereocenters. The molecule has 0 bridgehead atoms. The van der Waals surface area contributed by atoms with E-state index in [9.17, 15) is 17.6 Å². The summed E-state index contributed by atoms with van der Waals surface area (Å²) in [7, 11) is 0. The van der Waals surface area contributed by atoms with Crippen molar-refractivity contribution in [3.05, 3.63) is 34.1 Å². The summed E-state index contributed by atoms with van der Waals surface area (Å²) < 4.78 is 51.3. The lowest BCUT2D eigenvalue weighted by molar-refractivity contribution is -0.138. The van der Waals surface area contributed by atoms with Crippen molar-refractivity contribution in [3.63, 3.8) is 0 Å². The molecule has 0 spiro atoms. The number of benzene rings is 1. The van der Waals surface area contributed by atoms with Gasteiger partial charge in [0.05, 0.1) is 17.2 Å². The molecule has 8 heteroatoms. The maximum Gasteiger partial charge on any atom is 0.416 e. The van der Waals surface area contributed by atoms with Crippen LogP contribution in [0.4, 0.5) is 17.6 Å². The summed E-state index contributed by atoms with van der Waals surface area (Å²) in [5.41, 5.74) is 3.57. The molecule has 1 atom stereocenters. The second-order valence-corrected chi connectivity index (χ2v) is 3.94. The van der Waals surface area contributed by atoms with Gasteiger partial charge in [0.15, 0.2) is 0 Å². The van der Waals surface area contributed by atoms with Gasteiger partial charge in [0.25, 0.3) is 0 Å². The molecule has 0 aliphatic carbocycles. The monoisotopic (exact) mass is 307 g/mol. The second kappa shape index (κ2) is 6.56. The molecule has 0 radical (unpaired) electrons. The average molecular weight is 308 g/mol. The largest absolute Gasteiger partial charge is 0.416 e. The molecule has 0 aliphatic rings. The van der Waals surface area contributed by atoms with Gasteiger partial charge in [0, 0.05) is 11.6 Å². The predicted molar refractivity (Wildman–Crippen MR) is 62.4 cm³/mol. The highest BCUT2D eigenvalue weighted by atomic mass is 35.5. The lowest BCUT2D eigenvalue weighted by Gasteiger charge is -2.16. The molecule has 0 fully saturated rings. The molecule has 2 nitrogen and oxygen atoms in total. The topological polar surface area (TPSA) is 46.2 Å². The minimum absolute atomic E-state index is 0. The minimum Gasteiger partial charge on any atom is -0.395 e. The molecular weight excluding hydrogens is 297 g/mol. The zero-order valence-electron chi connectivity index (χ0n) is 8.97. The molecule has 0 aromatic heterocycles. The van der Waals surface area contributed by atoms with E-state index in [-0.39, 0.29) is 12.4 Å². The fourth-order valence-electron chi connectivity index (χ4n) is 1.38. The van der Waals surface area contributed by atoms with Crippen LogP contribution in [0.1, 0.15) is 11.1 Å². The van der Waals surface area contributed by atoms with Crippen molar-refractivity contribution in [2.75, 3.05) is 6.61 Å². The van der Waals surface area contributed by atoms with E-state index in [2.05, 4.69) is 0 Å². The highest BCUT2D eigenvalue weighted by Crippen LogP contribution is 2.35. The average Bonchev–Trinajstić information content (AvgIpc) is 2.22. The SMILES string of the molecule is Cl.NC(CO)Cc1c(C(F)(F)F)ccc(Cl)c1F. The Labute approximate surface area is 112 Å². The number of hydrogen-bond donors (Lipinski definition) is 2. The molecule has 1 aromatic rings. The number of nitrogens with two attached hydrogens (primary N) is 1. The van der Waals surface area contributed by atoms with Crippen LogP contribution < -0.4 is 5.73 Å². The molecule has 3 N–H and O–H groups in total. The third kappa shape index (κ3) is 3.98. The highest BCUT2D eigenvalue weighted by molar-refractivity contribution is 6.30. The van der Waals surface area contributed by atoms with Crippen LogP contribution in [-0.4, -0.2) is 17.8 Å². The Balaban J connectivity index is 0.00000289. The van der Waals surface area contributed by atoms with Gasteiger partial charge in [0.1, 0.15) is 5.82 Å². The molecule has 1 rings (SSSR count). The van der Waals surface area contributed by atoms with Crippen LogP contribution in [0, 0.1) is 5.82 Å². The zero-order valence-corrected chi connectivity index (χ0v) is 10.5. The molecule has 0 amide bonds. The van der Waals surface area contributed by atoms with Gasteiger partial charge in [-0.05, 0) is 18.6 Å². The highest BCUT2D eigenvalue weighted by Gasteiger charge is 2.35. The molecule has 0 saturated heterocycles. The van der Waals surface area contributed by atoms with Crippen molar-refractivity contribution in [3.8, 4) is 0 Å². The zero-order chi connectivity index (χ0) is 13.2. The molecule has 0 heterocycles. The van der Waals surface area contributed by atoms with Gasteiger partial charge >= 0.3 is 6.18 Å². The second-order valence-electron chi connectivity index (χ2n) is 3.53. The Morgan fingerprint density at radius 3 is 2.33 bits per heavy atom. The fraction of sp³-hybridized carbons (Fsp3) is 0.400. The summed E-state index contributed by atoms with van der Waals surface area (Å²) in [4.78, 5) is 0. The van der Waals surface area contributed by atoms with Gasteiger partial charge in [-0.15, -0.1) is 12.4 Å². The van der Waals surface area contributed by atoms with Crippen molar-refractivity contribution < 1.29 is 22.7 Å². The third-order valence-corrected chi connectivity index (χ3v) is 2.49. The summed E-state index contributed by atoms with van der Waals surface area (Å²) in [5.74, 6) is -1.15. The first-order valence-corrected chi connectivity index (χ1v) is 5.05. The first-order chi connectivity index (χ1) is 7.77. The maximum atomic E-state index is 13.5. The van der Waals surface area contributed by atoms with Gasteiger partial charge in [0.2, 0.25) is 0 Å². The summed E-state index contributed by atoms with van der Waals surface area (Å²) >= 11 is 5.42. The summed E-state index contributed by atoms with van der Waals surface area (Å²) in [6.45, 7) is -0.538. The number of halogens is 6. The van der Waals surface area contributed by atoms with Gasteiger partial charge < -0.3 is 10.8 Å². The normalized spacial score (nSPS) is 13.1. The van der Waals surface area contributed by atoms with Crippen LogP contribution in [0.25, 0.3) is 0 Å².